The molecule has 1 saturated heterocycles. The number of nitriles is 1. The summed E-state index contributed by atoms with van der Waals surface area (Å²) in [5, 5.41) is 13.4. The zero-order valence-electron chi connectivity index (χ0n) is 14.7. The van der Waals surface area contributed by atoms with Gasteiger partial charge in [-0.25, -0.2) is 9.67 Å². The van der Waals surface area contributed by atoms with Crippen LogP contribution in [0.15, 0.2) is 30.0 Å². The van der Waals surface area contributed by atoms with Crippen LogP contribution in [-0.4, -0.2) is 27.2 Å². The summed E-state index contributed by atoms with van der Waals surface area (Å²) in [5.41, 5.74) is 3.32. The third kappa shape index (κ3) is 2.44. The average molecular weight is 399 g/mol. The molecule has 28 heavy (non-hydrogen) atoms. The molecule has 1 saturated carbocycles. The zero-order valence-corrected chi connectivity index (χ0v) is 15.5. The van der Waals surface area contributed by atoms with Gasteiger partial charge in [-0.05, 0) is 42.9 Å². The fourth-order valence-corrected chi connectivity index (χ4v) is 4.82. The van der Waals surface area contributed by atoms with E-state index in [2.05, 4.69) is 16.2 Å². The van der Waals surface area contributed by atoms with E-state index in [0.29, 0.717) is 40.0 Å². The van der Waals surface area contributed by atoms with Crippen molar-refractivity contribution in [1.29, 1.82) is 5.26 Å². The minimum Gasteiger partial charge on any atom is -0.309 e. The Bertz CT molecular complexity index is 1130. The van der Waals surface area contributed by atoms with Gasteiger partial charge in [0.15, 0.2) is 0 Å². The van der Waals surface area contributed by atoms with Gasteiger partial charge in [0.2, 0.25) is 5.91 Å². The molecular weight excluding hydrogens is 384 g/mol. The first-order valence-corrected chi connectivity index (χ1v) is 9.84. The molecule has 1 atom stereocenters. The average Bonchev–Trinajstić information content (AvgIpc) is 3.12. The number of rotatable bonds is 4. The van der Waals surface area contributed by atoms with Gasteiger partial charge in [-0.3, -0.25) is 4.79 Å². The van der Waals surface area contributed by atoms with Crippen LogP contribution in [0.1, 0.15) is 25.8 Å². The molecule has 2 aliphatic rings. The normalized spacial score (nSPS) is 22.4. The van der Waals surface area contributed by atoms with Crippen LogP contribution in [0.3, 0.4) is 0 Å². The third-order valence-electron chi connectivity index (χ3n) is 5.67. The Hall–Kier alpha value is -2.86. The van der Waals surface area contributed by atoms with Gasteiger partial charge in [-0.1, -0.05) is 0 Å². The lowest BCUT2D eigenvalue weighted by atomic mass is 9.83. The van der Waals surface area contributed by atoms with Gasteiger partial charge in [-0.2, -0.15) is 19.1 Å². The van der Waals surface area contributed by atoms with E-state index in [0.717, 1.165) is 17.5 Å². The number of benzene rings is 1. The SMILES string of the molecule is N#C[C@@]1(C2CC2)CCN(c2cc(-c3cnn(C(F)F)c3)cc3ncsc23)C1=O. The largest absolute Gasteiger partial charge is 0.333 e. The van der Waals surface area contributed by atoms with Crippen LogP contribution in [0.4, 0.5) is 14.5 Å². The summed E-state index contributed by atoms with van der Waals surface area (Å²) in [6.07, 6.45) is 4.99. The van der Waals surface area contributed by atoms with Gasteiger partial charge >= 0.3 is 6.55 Å². The first-order chi connectivity index (χ1) is 13.5. The van der Waals surface area contributed by atoms with Gasteiger partial charge in [0.1, 0.15) is 5.41 Å². The molecule has 1 aliphatic heterocycles. The molecule has 1 aromatic carbocycles. The van der Waals surface area contributed by atoms with Crippen molar-refractivity contribution in [3.05, 3.63) is 30.0 Å². The van der Waals surface area contributed by atoms with Crippen LogP contribution in [0.2, 0.25) is 0 Å². The number of hydrogen-bond donors (Lipinski definition) is 0. The van der Waals surface area contributed by atoms with E-state index in [-0.39, 0.29) is 11.8 Å². The molecule has 1 aliphatic carbocycles. The van der Waals surface area contributed by atoms with Gasteiger partial charge in [0.25, 0.3) is 0 Å². The number of halogens is 2. The van der Waals surface area contributed by atoms with E-state index < -0.39 is 12.0 Å². The van der Waals surface area contributed by atoms with E-state index in [1.807, 2.05) is 6.07 Å². The minimum atomic E-state index is -2.72. The van der Waals surface area contributed by atoms with Crippen LogP contribution in [0.5, 0.6) is 0 Å². The maximum Gasteiger partial charge on any atom is 0.333 e. The number of alkyl halides is 2. The molecule has 6 nitrogen and oxygen atoms in total. The number of thiazole rings is 1. The van der Waals surface area contributed by atoms with Crippen molar-refractivity contribution in [2.45, 2.75) is 25.8 Å². The lowest BCUT2D eigenvalue weighted by Crippen LogP contribution is -2.35. The quantitative estimate of drug-likeness (QED) is 0.659. The van der Waals surface area contributed by atoms with Gasteiger partial charge in [0, 0.05) is 18.3 Å². The van der Waals surface area contributed by atoms with Crippen molar-refractivity contribution in [2.24, 2.45) is 11.3 Å². The highest BCUT2D eigenvalue weighted by Crippen LogP contribution is 2.52. The number of aromatic nitrogens is 3. The van der Waals surface area contributed by atoms with E-state index in [1.165, 1.54) is 23.7 Å². The second-order valence-electron chi connectivity index (χ2n) is 7.25. The minimum absolute atomic E-state index is 0.138. The van der Waals surface area contributed by atoms with Gasteiger partial charge in [0.05, 0.1) is 33.7 Å². The van der Waals surface area contributed by atoms with E-state index in [1.54, 1.807) is 16.5 Å². The van der Waals surface area contributed by atoms with Crippen LogP contribution >= 0.6 is 11.3 Å². The number of fused-ring (bicyclic) bond motifs is 1. The predicted octanol–water partition coefficient (Wildman–Crippen LogP) is 4.21. The molecule has 0 N–H and O–H groups in total. The van der Waals surface area contributed by atoms with Crippen LogP contribution in [-0.2, 0) is 4.79 Å². The van der Waals surface area contributed by atoms with Gasteiger partial charge in [-0.15, -0.1) is 11.3 Å². The predicted molar refractivity (Wildman–Crippen MR) is 99.8 cm³/mol. The summed E-state index contributed by atoms with van der Waals surface area (Å²) in [7, 11) is 0. The molecule has 3 heterocycles. The topological polar surface area (TPSA) is 74.8 Å². The summed E-state index contributed by atoms with van der Waals surface area (Å²) >= 11 is 1.42. The van der Waals surface area contributed by atoms with E-state index in [4.69, 9.17) is 0 Å². The van der Waals surface area contributed by atoms with Crippen molar-refractivity contribution >= 4 is 33.1 Å². The van der Waals surface area contributed by atoms with Gasteiger partial charge < -0.3 is 4.90 Å². The van der Waals surface area contributed by atoms with Crippen molar-refractivity contribution in [3.8, 4) is 17.2 Å². The Morgan fingerprint density at radius 2 is 2.14 bits per heavy atom. The molecule has 5 rings (SSSR count). The number of nitrogens with zero attached hydrogens (tertiary/aromatic N) is 5. The Morgan fingerprint density at radius 3 is 2.82 bits per heavy atom. The van der Waals surface area contributed by atoms with Crippen molar-refractivity contribution in [3.63, 3.8) is 0 Å². The fraction of sp³-hybridized carbons (Fsp3) is 0.368. The van der Waals surface area contributed by atoms with Crippen molar-refractivity contribution in [2.75, 3.05) is 11.4 Å². The van der Waals surface area contributed by atoms with Crippen molar-refractivity contribution < 1.29 is 13.6 Å². The molecule has 0 radical (unpaired) electrons. The van der Waals surface area contributed by atoms with Crippen molar-refractivity contribution in [1.82, 2.24) is 14.8 Å². The first kappa shape index (κ1) is 17.3. The summed E-state index contributed by atoms with van der Waals surface area (Å²) < 4.78 is 27.2. The molecule has 2 fully saturated rings. The molecule has 2 aromatic heterocycles. The molecule has 142 valence electrons. The van der Waals surface area contributed by atoms with Crippen LogP contribution < -0.4 is 4.90 Å². The number of amides is 1. The monoisotopic (exact) mass is 399 g/mol. The molecule has 0 spiro atoms. The maximum atomic E-state index is 13.2. The number of carbonyl (C=O) groups excluding carboxylic acids is 1. The number of carbonyl (C=O) groups is 1. The van der Waals surface area contributed by atoms with E-state index in [9.17, 15) is 18.8 Å². The summed E-state index contributed by atoms with van der Waals surface area (Å²) in [5.74, 6) is -0.0213. The molecule has 1 amide bonds. The lowest BCUT2D eigenvalue weighted by molar-refractivity contribution is -0.123. The van der Waals surface area contributed by atoms with Crippen LogP contribution in [0.25, 0.3) is 21.3 Å². The Labute approximate surface area is 163 Å². The number of anilines is 1. The third-order valence-corrected chi connectivity index (χ3v) is 6.53. The smallest absolute Gasteiger partial charge is 0.309 e. The highest BCUT2D eigenvalue weighted by Gasteiger charge is 2.57. The molecular formula is C19H15F2N5OS. The second kappa shape index (κ2) is 6.07. The zero-order chi connectivity index (χ0) is 19.5. The molecule has 9 heteroatoms. The van der Waals surface area contributed by atoms with E-state index >= 15 is 0 Å². The standard InChI is InChI=1S/C19H15F2N5OS/c20-18(21)26-8-12(7-24-26)11-5-14-16(28-10-23-14)15(6-11)25-4-3-19(9-22,17(25)27)13-1-2-13/h5-8,10,13,18H,1-4H2/t19-/m1/s1. The number of hydrogen-bond acceptors (Lipinski definition) is 5. The first-order valence-electron chi connectivity index (χ1n) is 8.96. The molecule has 0 unspecified atom stereocenters. The maximum absolute atomic E-state index is 13.2. The highest BCUT2D eigenvalue weighted by atomic mass is 32.1. The Morgan fingerprint density at radius 1 is 1.32 bits per heavy atom. The highest BCUT2D eigenvalue weighted by molar-refractivity contribution is 7.17. The fourth-order valence-electron chi connectivity index (χ4n) is 4.03. The molecule has 0 bridgehead atoms. The molecule has 3 aromatic rings. The van der Waals surface area contributed by atoms with Crippen LogP contribution in [0, 0.1) is 22.7 Å². The Balaban J connectivity index is 1.60. The summed E-state index contributed by atoms with van der Waals surface area (Å²) in [4.78, 5) is 19.2. The summed E-state index contributed by atoms with van der Waals surface area (Å²) in [6, 6.07) is 5.91. The summed E-state index contributed by atoms with van der Waals surface area (Å²) in [6.45, 7) is -2.25. The second-order valence-corrected chi connectivity index (χ2v) is 8.10. The Kier molecular flexibility index (Phi) is 3.74. The lowest BCUT2D eigenvalue weighted by Gasteiger charge is -2.22.